The van der Waals surface area contributed by atoms with Crippen molar-refractivity contribution >= 4 is 17.9 Å². The summed E-state index contributed by atoms with van der Waals surface area (Å²) in [7, 11) is 0. The highest BCUT2D eigenvalue weighted by molar-refractivity contribution is 5.71. The molecule has 0 saturated heterocycles. The maximum atomic E-state index is 12.9. The highest BCUT2D eigenvalue weighted by Crippen LogP contribution is 2.18. The van der Waals surface area contributed by atoms with E-state index in [4.69, 9.17) is 14.2 Å². The van der Waals surface area contributed by atoms with Crippen LogP contribution in [0.25, 0.3) is 0 Å². The number of carbonyl (C=O) groups excluding carboxylic acids is 3. The number of hydrogen-bond donors (Lipinski definition) is 0. The minimum absolute atomic E-state index is 0.0755. The summed E-state index contributed by atoms with van der Waals surface area (Å²) in [6.45, 7) is 6.56. The molecule has 0 aliphatic rings. The molecule has 6 heteroatoms. The molecule has 0 aliphatic carbocycles. The third kappa shape index (κ3) is 65.5. The van der Waals surface area contributed by atoms with Crippen LogP contribution >= 0.6 is 0 Å². The lowest BCUT2D eigenvalue weighted by molar-refractivity contribution is -0.167. The largest absolute Gasteiger partial charge is 0.462 e. The lowest BCUT2D eigenvalue weighted by atomic mass is 10.0. The maximum Gasteiger partial charge on any atom is 0.306 e. The molecular formula is C73H130O6. The van der Waals surface area contributed by atoms with Crippen molar-refractivity contribution in [3.8, 4) is 0 Å². The minimum Gasteiger partial charge on any atom is -0.462 e. The molecule has 1 unspecified atom stereocenters. The van der Waals surface area contributed by atoms with E-state index in [1.54, 1.807) is 0 Å². The Bertz CT molecular complexity index is 1450. The highest BCUT2D eigenvalue weighted by atomic mass is 16.6. The average Bonchev–Trinajstić information content (AvgIpc) is 3.45. The Morgan fingerprint density at radius 2 is 0.494 bits per heavy atom. The van der Waals surface area contributed by atoms with Crippen LogP contribution in [-0.4, -0.2) is 37.2 Å². The van der Waals surface area contributed by atoms with Crippen LogP contribution in [0.5, 0.6) is 0 Å². The summed E-state index contributed by atoms with van der Waals surface area (Å²) in [5.41, 5.74) is 0. The third-order valence-electron chi connectivity index (χ3n) is 15.2. The van der Waals surface area contributed by atoms with Crippen molar-refractivity contribution in [3.05, 3.63) is 72.9 Å². The molecule has 0 saturated carbocycles. The lowest BCUT2D eigenvalue weighted by Crippen LogP contribution is -2.30. The van der Waals surface area contributed by atoms with Crippen molar-refractivity contribution in [1.29, 1.82) is 0 Å². The van der Waals surface area contributed by atoms with Gasteiger partial charge in [-0.3, -0.25) is 14.4 Å². The van der Waals surface area contributed by atoms with Crippen molar-refractivity contribution < 1.29 is 28.6 Å². The molecule has 0 aromatic heterocycles. The van der Waals surface area contributed by atoms with Crippen molar-refractivity contribution in [1.82, 2.24) is 0 Å². The van der Waals surface area contributed by atoms with Crippen molar-refractivity contribution in [2.45, 2.75) is 361 Å². The lowest BCUT2D eigenvalue weighted by Gasteiger charge is -2.18. The van der Waals surface area contributed by atoms with E-state index in [9.17, 15) is 14.4 Å². The molecule has 0 aromatic rings. The van der Waals surface area contributed by atoms with Crippen LogP contribution in [0.1, 0.15) is 355 Å². The molecule has 0 bridgehead atoms. The molecule has 0 heterocycles. The molecule has 1 atom stereocenters. The van der Waals surface area contributed by atoms with Gasteiger partial charge in [0.25, 0.3) is 0 Å². The second-order valence-corrected chi connectivity index (χ2v) is 23.1. The Balaban J connectivity index is 4.25. The van der Waals surface area contributed by atoms with Crippen LogP contribution in [0, 0.1) is 0 Å². The number of esters is 3. The fourth-order valence-corrected chi connectivity index (χ4v) is 10.1. The zero-order chi connectivity index (χ0) is 57.1. The first kappa shape index (κ1) is 75.8. The summed E-state index contributed by atoms with van der Waals surface area (Å²) in [4.78, 5) is 38.3. The van der Waals surface area contributed by atoms with Gasteiger partial charge in [-0.2, -0.15) is 0 Å². The Kier molecular flexibility index (Phi) is 64.7. The number of hydrogen-bond acceptors (Lipinski definition) is 6. The molecule has 458 valence electrons. The van der Waals surface area contributed by atoms with Crippen molar-refractivity contribution in [2.24, 2.45) is 0 Å². The van der Waals surface area contributed by atoms with Crippen LogP contribution in [0.2, 0.25) is 0 Å². The summed E-state index contributed by atoms with van der Waals surface area (Å²) >= 11 is 0. The van der Waals surface area contributed by atoms with Crippen LogP contribution < -0.4 is 0 Å². The Hall–Kier alpha value is -3.15. The van der Waals surface area contributed by atoms with Gasteiger partial charge in [0.05, 0.1) is 0 Å². The van der Waals surface area contributed by atoms with Gasteiger partial charge in [0, 0.05) is 19.3 Å². The number of rotatable bonds is 63. The second-order valence-electron chi connectivity index (χ2n) is 23.1. The molecule has 79 heavy (non-hydrogen) atoms. The molecule has 0 amide bonds. The molecule has 0 spiro atoms. The number of unbranched alkanes of at least 4 members (excludes halogenated alkanes) is 40. The van der Waals surface area contributed by atoms with Gasteiger partial charge >= 0.3 is 17.9 Å². The van der Waals surface area contributed by atoms with E-state index in [0.29, 0.717) is 19.3 Å². The normalized spacial score (nSPS) is 12.5. The Morgan fingerprint density at radius 1 is 0.266 bits per heavy atom. The van der Waals surface area contributed by atoms with Gasteiger partial charge in [0.15, 0.2) is 6.10 Å². The summed E-state index contributed by atoms with van der Waals surface area (Å²) in [5, 5.41) is 0. The standard InChI is InChI=1S/C73H130O6/c1-4-7-10-13-16-19-22-24-26-28-30-32-34-36-38-40-42-44-46-48-51-54-57-60-63-66-72(75)78-69-70(68-77-71(74)65-62-59-56-53-50-21-18-15-12-9-6-3)79-73(76)67-64-61-58-55-52-49-47-45-43-41-39-37-35-33-31-29-27-25-23-20-17-14-11-8-5-2/h7,10,16,19,24,26,30,32,36,38,42,44,70H,4-6,8-9,11-15,17-18,20-23,25,27-29,31,33-35,37,39-41,43,45-69H2,1-3H3/b10-7-,19-16-,26-24-,32-30-,38-36-,44-42-. The molecule has 0 aromatic carbocycles. The monoisotopic (exact) mass is 1100 g/mol. The van der Waals surface area contributed by atoms with E-state index in [-0.39, 0.29) is 31.1 Å². The van der Waals surface area contributed by atoms with E-state index < -0.39 is 6.10 Å². The first-order chi connectivity index (χ1) is 39.0. The molecular weight excluding hydrogens is 973 g/mol. The molecule has 0 rings (SSSR count). The molecule has 0 aliphatic heterocycles. The Labute approximate surface area is 491 Å². The van der Waals surface area contributed by atoms with Gasteiger partial charge in [0.1, 0.15) is 13.2 Å². The predicted molar refractivity (Wildman–Crippen MR) is 344 cm³/mol. The summed E-state index contributed by atoms with van der Waals surface area (Å²) < 4.78 is 16.9. The quantitative estimate of drug-likeness (QED) is 0.0261. The van der Waals surface area contributed by atoms with E-state index in [1.807, 2.05) is 0 Å². The molecule has 0 N–H and O–H groups in total. The zero-order valence-corrected chi connectivity index (χ0v) is 52.6. The van der Waals surface area contributed by atoms with E-state index in [1.165, 1.54) is 212 Å². The van der Waals surface area contributed by atoms with Gasteiger partial charge < -0.3 is 14.2 Å². The molecule has 0 fully saturated rings. The average molecular weight is 1100 g/mol. The zero-order valence-electron chi connectivity index (χ0n) is 52.6. The smallest absolute Gasteiger partial charge is 0.306 e. The van der Waals surface area contributed by atoms with E-state index >= 15 is 0 Å². The topological polar surface area (TPSA) is 78.9 Å². The van der Waals surface area contributed by atoms with Gasteiger partial charge in [-0.05, 0) is 70.6 Å². The van der Waals surface area contributed by atoms with Crippen LogP contribution in [-0.2, 0) is 28.6 Å². The summed E-state index contributed by atoms with van der Waals surface area (Å²) in [5.74, 6) is -0.871. The van der Waals surface area contributed by atoms with E-state index in [2.05, 4.69) is 93.7 Å². The van der Waals surface area contributed by atoms with Crippen LogP contribution in [0.3, 0.4) is 0 Å². The van der Waals surface area contributed by atoms with Gasteiger partial charge in [-0.15, -0.1) is 0 Å². The fourth-order valence-electron chi connectivity index (χ4n) is 10.1. The van der Waals surface area contributed by atoms with Crippen LogP contribution in [0.15, 0.2) is 72.9 Å². The number of allylic oxidation sites excluding steroid dienone is 12. The number of ether oxygens (including phenoxy) is 3. The van der Waals surface area contributed by atoms with Gasteiger partial charge in [0.2, 0.25) is 0 Å². The van der Waals surface area contributed by atoms with Crippen molar-refractivity contribution in [2.75, 3.05) is 13.2 Å². The van der Waals surface area contributed by atoms with E-state index in [0.717, 1.165) is 103 Å². The molecule has 0 radical (unpaired) electrons. The summed E-state index contributed by atoms with van der Waals surface area (Å²) in [6.07, 6.45) is 87.9. The SMILES string of the molecule is CC/C=C\C/C=C\C/C=C\C/C=C\C/C=C\C/C=C\CCCCCCCCC(=O)OCC(COC(=O)CCCCCCCCCCCCC)OC(=O)CCCCCCCCCCCCCCCCCCCCCCCCCCC. The van der Waals surface area contributed by atoms with Gasteiger partial charge in [-0.25, -0.2) is 0 Å². The second kappa shape index (κ2) is 67.4. The number of carbonyl (C=O) groups is 3. The van der Waals surface area contributed by atoms with Crippen LogP contribution in [0.4, 0.5) is 0 Å². The first-order valence-electron chi connectivity index (χ1n) is 34.4. The predicted octanol–water partition coefficient (Wildman–Crippen LogP) is 23.7. The summed E-state index contributed by atoms with van der Waals surface area (Å²) in [6, 6.07) is 0. The first-order valence-corrected chi connectivity index (χ1v) is 34.4. The fraction of sp³-hybridized carbons (Fsp3) is 0.795. The van der Waals surface area contributed by atoms with Crippen molar-refractivity contribution in [3.63, 3.8) is 0 Å². The van der Waals surface area contributed by atoms with Gasteiger partial charge in [-0.1, -0.05) is 338 Å². The molecule has 6 nitrogen and oxygen atoms in total. The third-order valence-corrected chi connectivity index (χ3v) is 15.2. The minimum atomic E-state index is -0.780. The maximum absolute atomic E-state index is 12.9. The highest BCUT2D eigenvalue weighted by Gasteiger charge is 2.19. The Morgan fingerprint density at radius 3 is 0.772 bits per heavy atom.